The summed E-state index contributed by atoms with van der Waals surface area (Å²) in [5.74, 6) is -0.432. The summed E-state index contributed by atoms with van der Waals surface area (Å²) in [7, 11) is 0. The van der Waals surface area contributed by atoms with Crippen LogP contribution < -0.4 is 10.1 Å². The van der Waals surface area contributed by atoms with Gasteiger partial charge in [0.1, 0.15) is 11.6 Å². The van der Waals surface area contributed by atoms with Gasteiger partial charge in [-0.2, -0.15) is 0 Å². The highest BCUT2D eigenvalue weighted by molar-refractivity contribution is 5.95. The van der Waals surface area contributed by atoms with Crippen LogP contribution in [0, 0.1) is 12.7 Å². The van der Waals surface area contributed by atoms with E-state index in [1.807, 2.05) is 29.8 Å². The van der Waals surface area contributed by atoms with Crippen LogP contribution in [0.4, 0.5) is 10.1 Å². The molecule has 0 saturated carbocycles. The molecule has 2 aromatic heterocycles. The van der Waals surface area contributed by atoms with Crippen molar-refractivity contribution >= 4 is 17.2 Å². The normalized spacial score (nSPS) is 10.6. The summed E-state index contributed by atoms with van der Waals surface area (Å²) in [5.41, 5.74) is 2.13. The van der Waals surface area contributed by atoms with Crippen LogP contribution >= 0.6 is 0 Å². The van der Waals surface area contributed by atoms with E-state index in [1.165, 1.54) is 18.2 Å². The fourth-order valence-electron chi connectivity index (χ4n) is 2.13. The van der Waals surface area contributed by atoms with Crippen molar-refractivity contribution in [2.24, 2.45) is 0 Å². The zero-order valence-electron chi connectivity index (χ0n) is 11.9. The minimum Gasteiger partial charge on any atom is -0.484 e. The van der Waals surface area contributed by atoms with E-state index >= 15 is 0 Å². The number of halogens is 1. The Balaban J connectivity index is 1.68. The predicted molar refractivity (Wildman–Crippen MR) is 80.5 cm³/mol. The number of ether oxygens (including phenoxy) is 1. The van der Waals surface area contributed by atoms with Crippen molar-refractivity contribution in [1.82, 2.24) is 9.38 Å². The number of hydrogen-bond acceptors (Lipinski definition) is 3. The summed E-state index contributed by atoms with van der Waals surface area (Å²) in [6.07, 6.45) is 3.72. The Bertz CT molecular complexity index is 829. The van der Waals surface area contributed by atoms with E-state index in [0.717, 1.165) is 5.69 Å². The molecule has 112 valence electrons. The third-order valence-electron chi connectivity index (χ3n) is 3.04. The maximum absolute atomic E-state index is 13.0. The first-order chi connectivity index (χ1) is 10.6. The number of carbonyl (C=O) groups excluding carboxylic acids is 1. The number of amides is 1. The van der Waals surface area contributed by atoms with Gasteiger partial charge in [0.15, 0.2) is 12.3 Å². The number of imidazole rings is 1. The van der Waals surface area contributed by atoms with Crippen molar-refractivity contribution < 1.29 is 13.9 Å². The van der Waals surface area contributed by atoms with Gasteiger partial charge >= 0.3 is 0 Å². The van der Waals surface area contributed by atoms with Gasteiger partial charge in [0, 0.05) is 18.5 Å². The maximum atomic E-state index is 13.0. The summed E-state index contributed by atoms with van der Waals surface area (Å²) >= 11 is 0. The molecule has 5 nitrogen and oxygen atoms in total. The largest absolute Gasteiger partial charge is 0.484 e. The number of carbonyl (C=O) groups is 1. The van der Waals surface area contributed by atoms with E-state index in [4.69, 9.17) is 4.74 Å². The zero-order valence-corrected chi connectivity index (χ0v) is 11.9. The highest BCUT2D eigenvalue weighted by Crippen LogP contribution is 2.16. The van der Waals surface area contributed by atoms with E-state index in [9.17, 15) is 9.18 Å². The number of fused-ring (bicyclic) bond motifs is 1. The molecule has 6 heteroatoms. The number of nitrogens with one attached hydrogen (secondary N) is 1. The van der Waals surface area contributed by atoms with E-state index in [1.54, 1.807) is 12.1 Å². The number of nitrogens with zero attached hydrogens (tertiary/aromatic N) is 2. The highest BCUT2D eigenvalue weighted by atomic mass is 19.1. The van der Waals surface area contributed by atoms with Gasteiger partial charge in [-0.25, -0.2) is 9.37 Å². The SMILES string of the molecule is Cc1cn2cccc(NC(=O)COc3cccc(F)c3)c2n1. The molecule has 0 saturated heterocycles. The molecule has 1 N–H and O–H groups in total. The Hall–Kier alpha value is -2.89. The molecule has 3 rings (SSSR count). The molecule has 0 bridgehead atoms. The van der Waals surface area contributed by atoms with Gasteiger partial charge in [-0.15, -0.1) is 0 Å². The Kier molecular flexibility index (Phi) is 3.74. The van der Waals surface area contributed by atoms with Crippen LogP contribution in [0.15, 0.2) is 48.8 Å². The molecule has 1 aromatic carbocycles. The number of aromatic nitrogens is 2. The standard InChI is InChI=1S/C16H14FN3O2/c1-11-9-20-7-3-6-14(16(20)18-11)19-15(21)10-22-13-5-2-4-12(17)8-13/h2-9H,10H2,1H3,(H,19,21). The smallest absolute Gasteiger partial charge is 0.262 e. The predicted octanol–water partition coefficient (Wildman–Crippen LogP) is 2.80. The first kappa shape index (κ1) is 14.1. The van der Waals surface area contributed by atoms with E-state index in [0.29, 0.717) is 17.1 Å². The lowest BCUT2D eigenvalue weighted by molar-refractivity contribution is -0.118. The number of pyridine rings is 1. The summed E-state index contributed by atoms with van der Waals surface area (Å²) < 4.78 is 20.1. The fraction of sp³-hybridized carbons (Fsp3) is 0.125. The van der Waals surface area contributed by atoms with Crippen molar-refractivity contribution in [2.75, 3.05) is 11.9 Å². The quantitative estimate of drug-likeness (QED) is 0.806. The van der Waals surface area contributed by atoms with Gasteiger partial charge in [0.25, 0.3) is 5.91 Å². The monoisotopic (exact) mass is 299 g/mol. The summed E-state index contributed by atoms with van der Waals surface area (Å²) in [6, 6.07) is 9.24. The molecule has 2 heterocycles. The van der Waals surface area contributed by atoms with Crippen LogP contribution in [0.25, 0.3) is 5.65 Å². The van der Waals surface area contributed by atoms with Crippen LogP contribution in [-0.4, -0.2) is 21.9 Å². The Morgan fingerprint density at radius 1 is 1.36 bits per heavy atom. The molecule has 0 radical (unpaired) electrons. The second kappa shape index (κ2) is 5.85. The minimum atomic E-state index is -0.407. The number of aryl methyl sites for hydroxylation is 1. The zero-order chi connectivity index (χ0) is 15.5. The minimum absolute atomic E-state index is 0.204. The number of rotatable bonds is 4. The molecule has 1 amide bonds. The first-order valence-corrected chi connectivity index (χ1v) is 6.74. The average Bonchev–Trinajstić information content (AvgIpc) is 2.87. The fourth-order valence-corrected chi connectivity index (χ4v) is 2.13. The lowest BCUT2D eigenvalue weighted by atomic mass is 10.3. The lowest BCUT2D eigenvalue weighted by Gasteiger charge is -2.08. The Labute approximate surface area is 126 Å². The molecule has 0 aliphatic heterocycles. The van der Waals surface area contributed by atoms with Gasteiger partial charge in [-0.05, 0) is 31.2 Å². The highest BCUT2D eigenvalue weighted by Gasteiger charge is 2.09. The molecular formula is C16H14FN3O2. The van der Waals surface area contributed by atoms with E-state index in [-0.39, 0.29) is 12.5 Å². The van der Waals surface area contributed by atoms with Crippen molar-refractivity contribution in [3.8, 4) is 5.75 Å². The molecule has 0 unspecified atom stereocenters. The molecule has 0 aliphatic carbocycles. The Morgan fingerprint density at radius 2 is 2.23 bits per heavy atom. The van der Waals surface area contributed by atoms with Gasteiger partial charge in [-0.3, -0.25) is 4.79 Å². The van der Waals surface area contributed by atoms with Crippen molar-refractivity contribution in [3.63, 3.8) is 0 Å². The molecule has 0 aliphatic rings. The van der Waals surface area contributed by atoms with Gasteiger partial charge in [0.2, 0.25) is 0 Å². The van der Waals surface area contributed by atoms with E-state index < -0.39 is 5.82 Å². The average molecular weight is 299 g/mol. The second-order valence-electron chi connectivity index (χ2n) is 4.83. The van der Waals surface area contributed by atoms with Crippen LogP contribution in [0.3, 0.4) is 0 Å². The second-order valence-corrected chi connectivity index (χ2v) is 4.83. The summed E-state index contributed by atoms with van der Waals surface area (Å²) in [5, 5.41) is 2.74. The Morgan fingerprint density at radius 3 is 3.05 bits per heavy atom. The number of hydrogen-bond donors (Lipinski definition) is 1. The first-order valence-electron chi connectivity index (χ1n) is 6.74. The van der Waals surface area contributed by atoms with Gasteiger partial charge in [0.05, 0.1) is 11.4 Å². The number of anilines is 1. The number of benzene rings is 1. The lowest BCUT2D eigenvalue weighted by Crippen LogP contribution is -2.20. The molecule has 0 atom stereocenters. The molecule has 0 fully saturated rings. The molecule has 3 aromatic rings. The van der Waals surface area contributed by atoms with Crippen molar-refractivity contribution in [3.05, 3.63) is 60.3 Å². The molecule has 0 spiro atoms. The molecular weight excluding hydrogens is 285 g/mol. The van der Waals surface area contributed by atoms with E-state index in [2.05, 4.69) is 10.3 Å². The van der Waals surface area contributed by atoms with Crippen LogP contribution in [0.2, 0.25) is 0 Å². The van der Waals surface area contributed by atoms with Gasteiger partial charge < -0.3 is 14.5 Å². The molecule has 22 heavy (non-hydrogen) atoms. The summed E-state index contributed by atoms with van der Waals surface area (Å²) in [6.45, 7) is 1.68. The van der Waals surface area contributed by atoms with Crippen molar-refractivity contribution in [1.29, 1.82) is 0 Å². The van der Waals surface area contributed by atoms with Crippen molar-refractivity contribution in [2.45, 2.75) is 6.92 Å². The van der Waals surface area contributed by atoms with Crippen LogP contribution in [0.1, 0.15) is 5.69 Å². The summed E-state index contributed by atoms with van der Waals surface area (Å²) in [4.78, 5) is 16.3. The third-order valence-corrected chi connectivity index (χ3v) is 3.04. The van der Waals surface area contributed by atoms with Crippen LogP contribution in [-0.2, 0) is 4.79 Å². The van der Waals surface area contributed by atoms with Crippen LogP contribution in [0.5, 0.6) is 5.75 Å². The maximum Gasteiger partial charge on any atom is 0.262 e. The topological polar surface area (TPSA) is 55.6 Å². The van der Waals surface area contributed by atoms with Gasteiger partial charge in [-0.1, -0.05) is 6.07 Å². The third kappa shape index (κ3) is 3.06.